The highest BCUT2D eigenvalue weighted by Gasteiger charge is 2.21. The Kier molecular flexibility index (Phi) is 24.5. The second-order valence-corrected chi connectivity index (χ2v) is 13.2. The fourth-order valence-electron chi connectivity index (χ4n) is 3.93. The van der Waals surface area contributed by atoms with E-state index in [1.54, 1.807) is 0 Å². The Labute approximate surface area is 250 Å². The summed E-state index contributed by atoms with van der Waals surface area (Å²) in [4.78, 5) is 36.9. The number of carbonyl (C=O) groups is 2. The van der Waals surface area contributed by atoms with Crippen molar-refractivity contribution in [2.24, 2.45) is 0 Å². The quantitative estimate of drug-likeness (QED) is 0.0312. The molecule has 0 aromatic rings. The molecule has 0 heterocycles. The summed E-state index contributed by atoms with van der Waals surface area (Å²) in [6.45, 7) is 4.07. The van der Waals surface area contributed by atoms with Gasteiger partial charge in [-0.1, -0.05) is 90.2 Å². The molecule has 0 bridgehead atoms. The number of esters is 2. The molecule has 0 saturated heterocycles. The van der Waals surface area contributed by atoms with Gasteiger partial charge in [-0.05, 0) is 32.1 Å². The second kappa shape index (κ2) is 25.3. The van der Waals surface area contributed by atoms with Crippen LogP contribution in [0, 0.1) is 0 Å². The lowest BCUT2D eigenvalue weighted by Crippen LogP contribution is -2.37. The molecular formula is C31H60NO8P. The van der Waals surface area contributed by atoms with Crippen molar-refractivity contribution < 1.29 is 42.1 Å². The summed E-state index contributed by atoms with van der Waals surface area (Å²) in [5.41, 5.74) is 0. The molecule has 0 spiro atoms. The molecule has 0 aliphatic carbocycles. The molecule has 2 atom stereocenters. The van der Waals surface area contributed by atoms with Crippen LogP contribution < -0.4 is 4.89 Å². The Morgan fingerprint density at radius 3 is 1.88 bits per heavy atom. The normalized spacial score (nSPS) is 14.2. The van der Waals surface area contributed by atoms with Crippen molar-refractivity contribution in [3.8, 4) is 0 Å². The zero-order valence-electron chi connectivity index (χ0n) is 26.7. The molecule has 0 N–H and O–H groups in total. The number of carbonyl (C=O) groups excluding carboxylic acids is 2. The smallest absolute Gasteiger partial charge is 0.306 e. The summed E-state index contributed by atoms with van der Waals surface area (Å²) in [5.74, 6) is -0.859. The molecule has 2 unspecified atom stereocenters. The van der Waals surface area contributed by atoms with Gasteiger partial charge in [-0.25, -0.2) is 0 Å². The second-order valence-electron chi connectivity index (χ2n) is 11.8. The highest BCUT2D eigenvalue weighted by Crippen LogP contribution is 2.38. The van der Waals surface area contributed by atoms with Crippen molar-refractivity contribution in [1.82, 2.24) is 0 Å². The highest BCUT2D eigenvalue weighted by atomic mass is 31.2. The molecule has 0 rings (SSSR count). The number of phosphoric acid groups is 1. The third kappa shape index (κ3) is 28.6. The van der Waals surface area contributed by atoms with Gasteiger partial charge < -0.3 is 27.9 Å². The van der Waals surface area contributed by atoms with Gasteiger partial charge in [-0.3, -0.25) is 14.2 Å². The van der Waals surface area contributed by atoms with Gasteiger partial charge >= 0.3 is 11.9 Å². The molecule has 0 aromatic carbocycles. The zero-order valence-corrected chi connectivity index (χ0v) is 27.6. The minimum Gasteiger partial charge on any atom is -0.756 e. The number of likely N-dealkylation sites (N-methyl/N-ethyl adjacent to an activating group) is 1. The summed E-state index contributed by atoms with van der Waals surface area (Å²) in [6, 6.07) is 0. The molecule has 242 valence electrons. The lowest BCUT2D eigenvalue weighted by molar-refractivity contribution is -0.870. The van der Waals surface area contributed by atoms with Crippen LogP contribution in [0.25, 0.3) is 0 Å². The number of unbranched alkanes of at least 4 members (excludes halogenated alkanes) is 12. The van der Waals surface area contributed by atoms with Crippen LogP contribution in [0.3, 0.4) is 0 Å². The van der Waals surface area contributed by atoms with Gasteiger partial charge in [0.05, 0.1) is 27.7 Å². The van der Waals surface area contributed by atoms with E-state index in [2.05, 4.69) is 26.0 Å². The van der Waals surface area contributed by atoms with E-state index in [1.807, 2.05) is 21.1 Å². The maximum absolute atomic E-state index is 12.5. The van der Waals surface area contributed by atoms with E-state index >= 15 is 0 Å². The number of ether oxygens (including phenoxy) is 2. The summed E-state index contributed by atoms with van der Waals surface area (Å²) in [7, 11) is 1.16. The van der Waals surface area contributed by atoms with Crippen LogP contribution >= 0.6 is 7.82 Å². The van der Waals surface area contributed by atoms with Gasteiger partial charge in [0, 0.05) is 12.8 Å². The molecule has 0 aliphatic heterocycles. The number of allylic oxidation sites excluding steroid dienone is 2. The van der Waals surface area contributed by atoms with Gasteiger partial charge in [0.2, 0.25) is 0 Å². The van der Waals surface area contributed by atoms with Gasteiger partial charge in [0.15, 0.2) is 6.10 Å². The Morgan fingerprint density at radius 2 is 1.27 bits per heavy atom. The van der Waals surface area contributed by atoms with Crippen LogP contribution in [-0.2, 0) is 32.7 Å². The predicted octanol–water partition coefficient (Wildman–Crippen LogP) is 6.88. The molecule has 0 fully saturated rings. The van der Waals surface area contributed by atoms with Crippen molar-refractivity contribution >= 4 is 19.8 Å². The first-order valence-corrected chi connectivity index (χ1v) is 17.4. The molecule has 0 aromatic heterocycles. The Morgan fingerprint density at radius 1 is 0.732 bits per heavy atom. The molecule has 10 heteroatoms. The summed E-state index contributed by atoms with van der Waals surface area (Å²) in [5, 5.41) is 0. The number of hydrogen-bond donors (Lipinski definition) is 0. The first-order valence-electron chi connectivity index (χ1n) is 15.9. The van der Waals surface area contributed by atoms with Gasteiger partial charge in [0.25, 0.3) is 7.82 Å². The standard InChI is InChI=1S/C31H60NO8P/c1-6-8-10-12-14-15-16-17-18-20-22-24-31(34)40-29(27-37-30(33)23-21-19-13-11-9-7-2)28-39-41(35,36)38-26-25-32(3,4)5/h12,14,29H,6-11,13,15-28H2,1-5H3/b14-12-. The lowest BCUT2D eigenvalue weighted by atomic mass is 10.1. The van der Waals surface area contributed by atoms with Crippen molar-refractivity contribution in [2.45, 2.75) is 129 Å². The van der Waals surface area contributed by atoms with E-state index < -0.39 is 32.5 Å². The monoisotopic (exact) mass is 605 g/mol. The first kappa shape index (κ1) is 39.8. The Hall–Kier alpha value is -1.25. The van der Waals surface area contributed by atoms with Crippen molar-refractivity contribution in [3.63, 3.8) is 0 Å². The third-order valence-corrected chi connectivity index (χ3v) is 7.50. The maximum atomic E-state index is 12.5. The number of phosphoric ester groups is 1. The van der Waals surface area contributed by atoms with Crippen LogP contribution in [0.1, 0.15) is 123 Å². The van der Waals surface area contributed by atoms with Gasteiger partial charge in [0.1, 0.15) is 19.8 Å². The summed E-state index contributed by atoms with van der Waals surface area (Å²) >= 11 is 0. The Balaban J connectivity index is 4.53. The predicted molar refractivity (Wildman–Crippen MR) is 162 cm³/mol. The van der Waals surface area contributed by atoms with E-state index in [0.29, 0.717) is 17.4 Å². The number of rotatable bonds is 28. The molecule has 41 heavy (non-hydrogen) atoms. The number of hydrogen-bond acceptors (Lipinski definition) is 8. The number of nitrogens with zero attached hydrogens (tertiary/aromatic N) is 1. The van der Waals surface area contributed by atoms with E-state index in [1.165, 1.54) is 25.7 Å². The maximum Gasteiger partial charge on any atom is 0.306 e. The zero-order chi connectivity index (χ0) is 30.8. The molecule has 9 nitrogen and oxygen atoms in total. The minimum absolute atomic E-state index is 0.0306. The molecule has 0 aliphatic rings. The number of quaternary nitrogens is 1. The fourth-order valence-corrected chi connectivity index (χ4v) is 4.66. The molecular weight excluding hydrogens is 545 g/mol. The van der Waals surface area contributed by atoms with Gasteiger partial charge in [-0.15, -0.1) is 0 Å². The highest BCUT2D eigenvalue weighted by molar-refractivity contribution is 7.45. The lowest BCUT2D eigenvalue weighted by Gasteiger charge is -2.28. The summed E-state index contributed by atoms with van der Waals surface area (Å²) < 4.78 is 33.4. The topological polar surface area (TPSA) is 111 Å². The van der Waals surface area contributed by atoms with E-state index in [0.717, 1.165) is 64.2 Å². The minimum atomic E-state index is -4.60. The Bertz CT molecular complexity index is 738. The summed E-state index contributed by atoms with van der Waals surface area (Å²) in [6.07, 6.45) is 19.9. The van der Waals surface area contributed by atoms with E-state index in [9.17, 15) is 19.0 Å². The van der Waals surface area contributed by atoms with Crippen molar-refractivity contribution in [3.05, 3.63) is 12.2 Å². The van der Waals surface area contributed by atoms with E-state index in [-0.39, 0.29) is 26.1 Å². The van der Waals surface area contributed by atoms with Crippen LogP contribution in [0.4, 0.5) is 0 Å². The van der Waals surface area contributed by atoms with Gasteiger partial charge in [-0.2, -0.15) is 0 Å². The third-order valence-electron chi connectivity index (χ3n) is 6.54. The van der Waals surface area contributed by atoms with Crippen molar-refractivity contribution in [2.75, 3.05) is 47.5 Å². The first-order chi connectivity index (χ1) is 19.5. The molecule has 0 amide bonds. The van der Waals surface area contributed by atoms with Crippen LogP contribution in [0.15, 0.2) is 12.2 Å². The van der Waals surface area contributed by atoms with Crippen molar-refractivity contribution in [1.29, 1.82) is 0 Å². The van der Waals surface area contributed by atoms with E-state index in [4.69, 9.17) is 18.5 Å². The molecule has 0 saturated carbocycles. The molecule has 0 radical (unpaired) electrons. The van der Waals surface area contributed by atoms with Crippen LogP contribution in [0.5, 0.6) is 0 Å². The average molecular weight is 606 g/mol. The SMILES string of the molecule is CCCC/C=C\CCCCCCCC(=O)OC(COC(=O)CCCCCCCC)COP(=O)([O-])OCC[N+](C)(C)C. The van der Waals surface area contributed by atoms with Crippen LogP contribution in [0.2, 0.25) is 0 Å². The average Bonchev–Trinajstić information content (AvgIpc) is 2.90. The largest absolute Gasteiger partial charge is 0.756 e. The fraction of sp³-hybridized carbons (Fsp3) is 0.871. The van der Waals surface area contributed by atoms with Crippen LogP contribution in [-0.4, -0.2) is 70.0 Å².